The molecule has 0 aliphatic rings. The molecule has 0 unspecified atom stereocenters. The van der Waals surface area contributed by atoms with Gasteiger partial charge >= 0.3 is 0 Å². The van der Waals surface area contributed by atoms with Crippen LogP contribution in [0.2, 0.25) is 0 Å². The fraction of sp³-hybridized carbons (Fsp3) is 0.333. The lowest BCUT2D eigenvalue weighted by molar-refractivity contribution is -0.118. The molecule has 0 saturated carbocycles. The van der Waals surface area contributed by atoms with E-state index in [0.29, 0.717) is 0 Å². The van der Waals surface area contributed by atoms with E-state index in [1.54, 1.807) is 24.5 Å². The Bertz CT molecular complexity index is 258. The summed E-state index contributed by atoms with van der Waals surface area (Å²) in [5.41, 5.74) is 0.736. The summed E-state index contributed by atoms with van der Waals surface area (Å²) in [6.07, 6.45) is 2.67. The minimum absolute atomic E-state index is 0.0145. The minimum Gasteiger partial charge on any atom is -0.388 e. The lowest BCUT2D eigenvalue weighted by Crippen LogP contribution is -2.02. The fourth-order valence-electron chi connectivity index (χ4n) is 0.976. The summed E-state index contributed by atoms with van der Waals surface area (Å²) in [6, 6.07) is 3.40. The van der Waals surface area contributed by atoms with Gasteiger partial charge in [0, 0.05) is 18.8 Å². The third kappa shape index (κ3) is 2.43. The van der Waals surface area contributed by atoms with Gasteiger partial charge in [-0.2, -0.15) is 0 Å². The number of carbonyl (C=O) groups is 1. The molecule has 1 aromatic heterocycles. The zero-order chi connectivity index (χ0) is 8.97. The summed E-state index contributed by atoms with van der Waals surface area (Å²) in [6.45, 7) is 1.46. The molecule has 64 valence electrons. The van der Waals surface area contributed by atoms with Crippen molar-refractivity contribution in [2.45, 2.75) is 19.4 Å². The van der Waals surface area contributed by atoms with Gasteiger partial charge in [0.15, 0.2) is 0 Å². The first kappa shape index (κ1) is 8.87. The summed E-state index contributed by atoms with van der Waals surface area (Å²) in [5, 5.41) is 9.44. The van der Waals surface area contributed by atoms with E-state index in [1.165, 1.54) is 6.92 Å². The first-order valence-electron chi connectivity index (χ1n) is 3.77. The number of aromatic nitrogens is 1. The number of pyridine rings is 1. The largest absolute Gasteiger partial charge is 0.388 e. The van der Waals surface area contributed by atoms with Gasteiger partial charge in [-0.25, -0.2) is 0 Å². The van der Waals surface area contributed by atoms with E-state index >= 15 is 0 Å². The molecule has 1 rings (SSSR count). The quantitative estimate of drug-likeness (QED) is 0.729. The van der Waals surface area contributed by atoms with Gasteiger partial charge in [-0.1, -0.05) is 0 Å². The monoisotopic (exact) mass is 165 g/mol. The highest BCUT2D eigenvalue weighted by molar-refractivity contribution is 5.76. The number of carbonyl (C=O) groups excluding carboxylic acids is 1. The second kappa shape index (κ2) is 3.97. The molecule has 1 N–H and O–H groups in total. The van der Waals surface area contributed by atoms with Crippen LogP contribution in [-0.2, 0) is 4.79 Å². The van der Waals surface area contributed by atoms with Gasteiger partial charge in [0.2, 0.25) is 0 Å². The van der Waals surface area contributed by atoms with Crippen molar-refractivity contribution in [2.24, 2.45) is 0 Å². The van der Waals surface area contributed by atoms with Gasteiger partial charge in [0.1, 0.15) is 5.78 Å². The molecule has 3 heteroatoms. The Morgan fingerprint density at radius 1 is 1.58 bits per heavy atom. The Morgan fingerprint density at radius 2 is 2.17 bits per heavy atom. The molecule has 0 spiro atoms. The molecule has 0 saturated heterocycles. The number of aliphatic hydroxyl groups excluding tert-OH is 1. The summed E-state index contributed by atoms with van der Waals surface area (Å²) < 4.78 is 0. The fourth-order valence-corrected chi connectivity index (χ4v) is 0.976. The highest BCUT2D eigenvalue weighted by Gasteiger charge is 2.08. The van der Waals surface area contributed by atoms with Crippen molar-refractivity contribution in [1.82, 2.24) is 4.98 Å². The van der Waals surface area contributed by atoms with Gasteiger partial charge in [-0.05, 0) is 24.6 Å². The number of rotatable bonds is 3. The number of ketones is 1. The summed E-state index contributed by atoms with van der Waals surface area (Å²) in [5.74, 6) is -0.0145. The van der Waals surface area contributed by atoms with E-state index in [9.17, 15) is 9.90 Å². The molecule has 0 aliphatic heterocycles. The smallest absolute Gasteiger partial charge is 0.132 e. The summed E-state index contributed by atoms with van der Waals surface area (Å²) in [4.78, 5) is 14.5. The Morgan fingerprint density at radius 3 is 2.67 bits per heavy atom. The van der Waals surface area contributed by atoms with E-state index in [4.69, 9.17) is 0 Å². The molecule has 0 bridgehead atoms. The topological polar surface area (TPSA) is 50.2 Å². The van der Waals surface area contributed by atoms with Gasteiger partial charge < -0.3 is 5.11 Å². The summed E-state index contributed by atoms with van der Waals surface area (Å²) in [7, 11) is 0. The van der Waals surface area contributed by atoms with E-state index in [0.717, 1.165) is 5.56 Å². The Kier molecular flexibility index (Phi) is 2.94. The van der Waals surface area contributed by atoms with Crippen LogP contribution in [-0.4, -0.2) is 15.9 Å². The van der Waals surface area contributed by atoms with E-state index in [2.05, 4.69) is 4.98 Å². The molecule has 0 amide bonds. The zero-order valence-corrected chi connectivity index (χ0v) is 6.90. The molecule has 0 fully saturated rings. The predicted molar refractivity (Wildman–Crippen MR) is 44.5 cm³/mol. The Labute approximate surface area is 71.1 Å². The van der Waals surface area contributed by atoms with Crippen LogP contribution < -0.4 is 0 Å². The van der Waals surface area contributed by atoms with Crippen molar-refractivity contribution in [3.8, 4) is 0 Å². The lowest BCUT2D eigenvalue weighted by atomic mass is 10.1. The molecule has 1 atom stereocenters. The maximum Gasteiger partial charge on any atom is 0.132 e. The first-order valence-corrected chi connectivity index (χ1v) is 3.77. The SMILES string of the molecule is CC(=O)C[C@@H](O)c1ccncc1. The van der Waals surface area contributed by atoms with Crippen LogP contribution >= 0.6 is 0 Å². The minimum atomic E-state index is -0.689. The van der Waals surface area contributed by atoms with E-state index in [-0.39, 0.29) is 12.2 Å². The molecule has 12 heavy (non-hydrogen) atoms. The maximum atomic E-state index is 10.7. The highest BCUT2D eigenvalue weighted by atomic mass is 16.3. The van der Waals surface area contributed by atoms with Crippen LogP contribution in [0.4, 0.5) is 0 Å². The standard InChI is InChI=1S/C9H11NO2/c1-7(11)6-9(12)8-2-4-10-5-3-8/h2-5,9,12H,6H2,1H3/t9-/m1/s1. The Hall–Kier alpha value is -1.22. The average Bonchev–Trinajstić information content (AvgIpc) is 2.05. The number of hydrogen-bond acceptors (Lipinski definition) is 3. The van der Waals surface area contributed by atoms with Crippen LogP contribution in [0.15, 0.2) is 24.5 Å². The molecule has 0 aromatic carbocycles. The normalized spacial score (nSPS) is 12.5. The first-order chi connectivity index (χ1) is 5.70. The number of nitrogens with zero attached hydrogens (tertiary/aromatic N) is 1. The molecule has 1 aromatic rings. The zero-order valence-electron chi connectivity index (χ0n) is 6.90. The molecular weight excluding hydrogens is 154 g/mol. The van der Waals surface area contributed by atoms with Gasteiger partial charge in [0.05, 0.1) is 6.10 Å². The van der Waals surface area contributed by atoms with Gasteiger partial charge in [-0.3, -0.25) is 9.78 Å². The average molecular weight is 165 g/mol. The third-order valence-electron chi connectivity index (χ3n) is 1.57. The third-order valence-corrected chi connectivity index (χ3v) is 1.57. The maximum absolute atomic E-state index is 10.7. The second-order valence-electron chi connectivity index (χ2n) is 2.70. The lowest BCUT2D eigenvalue weighted by Gasteiger charge is -2.07. The second-order valence-corrected chi connectivity index (χ2v) is 2.70. The van der Waals surface area contributed by atoms with Crippen LogP contribution in [0, 0.1) is 0 Å². The molecule has 0 aliphatic carbocycles. The van der Waals surface area contributed by atoms with Crippen molar-refractivity contribution in [2.75, 3.05) is 0 Å². The Balaban J connectivity index is 2.65. The van der Waals surface area contributed by atoms with Crippen LogP contribution in [0.3, 0.4) is 0 Å². The van der Waals surface area contributed by atoms with Crippen molar-refractivity contribution in [3.63, 3.8) is 0 Å². The van der Waals surface area contributed by atoms with Gasteiger partial charge in [-0.15, -0.1) is 0 Å². The van der Waals surface area contributed by atoms with E-state index < -0.39 is 6.10 Å². The van der Waals surface area contributed by atoms with Crippen molar-refractivity contribution >= 4 is 5.78 Å². The van der Waals surface area contributed by atoms with Crippen LogP contribution in [0.25, 0.3) is 0 Å². The van der Waals surface area contributed by atoms with Gasteiger partial charge in [0.25, 0.3) is 0 Å². The number of hydrogen-bond donors (Lipinski definition) is 1. The molecule has 1 heterocycles. The molecule has 3 nitrogen and oxygen atoms in total. The van der Waals surface area contributed by atoms with Crippen molar-refractivity contribution in [3.05, 3.63) is 30.1 Å². The number of aliphatic hydroxyl groups is 1. The molecule has 0 radical (unpaired) electrons. The molecular formula is C9H11NO2. The van der Waals surface area contributed by atoms with E-state index in [1.807, 2.05) is 0 Å². The predicted octanol–water partition coefficient (Wildman–Crippen LogP) is 1.09. The van der Waals surface area contributed by atoms with Crippen molar-refractivity contribution in [1.29, 1.82) is 0 Å². The number of Topliss-reactive ketones (excluding diaryl/α,β-unsaturated/α-hetero) is 1. The van der Waals surface area contributed by atoms with Crippen LogP contribution in [0.1, 0.15) is 25.0 Å². The van der Waals surface area contributed by atoms with Crippen molar-refractivity contribution < 1.29 is 9.90 Å². The summed E-state index contributed by atoms with van der Waals surface area (Å²) >= 11 is 0. The highest BCUT2D eigenvalue weighted by Crippen LogP contribution is 2.14. The van der Waals surface area contributed by atoms with Crippen LogP contribution in [0.5, 0.6) is 0 Å².